The molecule has 1 aliphatic carbocycles. The van der Waals surface area contributed by atoms with Gasteiger partial charge in [0.05, 0.1) is 31.0 Å². The third-order valence-corrected chi connectivity index (χ3v) is 7.38. The molecule has 0 saturated carbocycles. The third kappa shape index (κ3) is 3.23. The number of fused-ring (bicyclic) bond motifs is 3. The Morgan fingerprint density at radius 1 is 0.606 bits per heavy atom. The zero-order valence-corrected chi connectivity index (χ0v) is 21.3. The molecule has 0 fully saturated rings. The van der Waals surface area contributed by atoms with E-state index in [1.54, 1.807) is 14.2 Å². The van der Waals surface area contributed by atoms with Gasteiger partial charge in [-0.25, -0.2) is 0 Å². The molecule has 0 aliphatic heterocycles. The van der Waals surface area contributed by atoms with Gasteiger partial charge in [0, 0.05) is 8.95 Å². The molecule has 1 aliphatic rings. The number of hydrogen-bond acceptors (Lipinski definition) is 4. The number of benzene rings is 4. The highest BCUT2D eigenvalue weighted by molar-refractivity contribution is 9.10. The van der Waals surface area contributed by atoms with Crippen LogP contribution in [0.4, 0.5) is 11.4 Å². The lowest BCUT2D eigenvalue weighted by atomic mass is 9.67. The van der Waals surface area contributed by atoms with Crippen molar-refractivity contribution < 1.29 is 9.47 Å². The van der Waals surface area contributed by atoms with E-state index in [0.29, 0.717) is 22.9 Å². The van der Waals surface area contributed by atoms with Gasteiger partial charge in [0.1, 0.15) is 11.5 Å². The normalized spacial score (nSPS) is 13.3. The molecule has 5 rings (SSSR count). The van der Waals surface area contributed by atoms with E-state index in [1.807, 2.05) is 24.3 Å². The largest absolute Gasteiger partial charge is 0.495 e. The number of nitrogen functional groups attached to an aromatic ring is 2. The summed E-state index contributed by atoms with van der Waals surface area (Å²) in [4.78, 5) is 0. The predicted molar refractivity (Wildman–Crippen MR) is 141 cm³/mol. The van der Waals surface area contributed by atoms with Crippen LogP contribution < -0.4 is 20.9 Å². The molecule has 0 aromatic heterocycles. The number of methoxy groups -OCH3 is 2. The fourth-order valence-corrected chi connectivity index (χ4v) is 5.67. The third-order valence-electron chi connectivity index (χ3n) is 6.39. The van der Waals surface area contributed by atoms with E-state index in [9.17, 15) is 0 Å². The molecule has 4 nitrogen and oxygen atoms in total. The smallest absolute Gasteiger partial charge is 0.142 e. The summed E-state index contributed by atoms with van der Waals surface area (Å²) in [6.45, 7) is 0. The van der Waals surface area contributed by atoms with Gasteiger partial charge in [-0.2, -0.15) is 0 Å². The summed E-state index contributed by atoms with van der Waals surface area (Å²) >= 11 is 7.40. The van der Waals surface area contributed by atoms with Crippen molar-refractivity contribution in [3.63, 3.8) is 0 Å². The van der Waals surface area contributed by atoms with E-state index in [2.05, 4.69) is 80.4 Å². The number of halogens is 2. The van der Waals surface area contributed by atoms with Gasteiger partial charge in [0.2, 0.25) is 0 Å². The van der Waals surface area contributed by atoms with Crippen molar-refractivity contribution in [3.05, 3.63) is 104 Å². The standard InChI is InChI=1S/C27H22Br2N2O2/c1-32-25-11-15(3-9-23(25)30)27(16-4-10-24(31)26(12-16)33-2)21-13-17(28)5-7-19(21)20-8-6-18(29)14-22(20)27/h3-14H,30-31H2,1-2H3. The van der Waals surface area contributed by atoms with Gasteiger partial charge in [-0.05, 0) is 81.9 Å². The molecule has 0 atom stereocenters. The van der Waals surface area contributed by atoms with Crippen LogP contribution in [0.15, 0.2) is 81.7 Å². The Morgan fingerprint density at radius 2 is 1.03 bits per heavy atom. The average Bonchev–Trinajstić information content (AvgIpc) is 3.09. The Bertz CT molecular complexity index is 1290. The maximum Gasteiger partial charge on any atom is 0.142 e. The van der Waals surface area contributed by atoms with E-state index in [0.717, 1.165) is 31.2 Å². The maximum atomic E-state index is 6.21. The minimum absolute atomic E-state index is 0.591. The molecule has 0 bridgehead atoms. The Balaban J connectivity index is 1.98. The number of nitrogens with two attached hydrogens (primary N) is 2. The molecule has 0 radical (unpaired) electrons. The zero-order chi connectivity index (χ0) is 23.3. The first-order valence-electron chi connectivity index (χ1n) is 10.4. The highest BCUT2D eigenvalue weighted by atomic mass is 79.9. The van der Waals surface area contributed by atoms with Crippen LogP contribution in [0.1, 0.15) is 22.3 Å². The first-order valence-corrected chi connectivity index (χ1v) is 12.0. The minimum atomic E-state index is -0.639. The van der Waals surface area contributed by atoms with Crippen molar-refractivity contribution in [2.75, 3.05) is 25.7 Å². The molecule has 0 amide bonds. The van der Waals surface area contributed by atoms with Crippen molar-refractivity contribution in [1.82, 2.24) is 0 Å². The van der Waals surface area contributed by atoms with E-state index < -0.39 is 5.41 Å². The number of ether oxygens (including phenoxy) is 2. The lowest BCUT2D eigenvalue weighted by Gasteiger charge is -2.34. The summed E-state index contributed by atoms with van der Waals surface area (Å²) in [6, 6.07) is 24.9. The predicted octanol–water partition coefficient (Wildman–Crippen LogP) is 6.76. The van der Waals surface area contributed by atoms with Crippen LogP contribution in [0.2, 0.25) is 0 Å². The zero-order valence-electron chi connectivity index (χ0n) is 18.2. The van der Waals surface area contributed by atoms with Gasteiger partial charge < -0.3 is 20.9 Å². The van der Waals surface area contributed by atoms with Crippen LogP contribution in [0, 0.1) is 0 Å². The summed E-state index contributed by atoms with van der Waals surface area (Å²) in [5.41, 5.74) is 19.7. The summed E-state index contributed by atoms with van der Waals surface area (Å²) < 4.78 is 13.3. The molecule has 33 heavy (non-hydrogen) atoms. The fraction of sp³-hybridized carbons (Fsp3) is 0.111. The molecule has 166 valence electrons. The Kier molecular flexibility index (Phi) is 5.38. The summed E-state index contributed by atoms with van der Waals surface area (Å²) in [5, 5.41) is 0. The number of anilines is 2. The second-order valence-corrected chi connectivity index (χ2v) is 9.87. The van der Waals surface area contributed by atoms with Crippen LogP contribution in [-0.2, 0) is 5.41 Å². The number of hydrogen-bond donors (Lipinski definition) is 2. The molecule has 4 aromatic rings. The monoisotopic (exact) mass is 564 g/mol. The first kappa shape index (κ1) is 21.9. The fourth-order valence-electron chi connectivity index (χ4n) is 4.95. The van der Waals surface area contributed by atoms with E-state index in [-0.39, 0.29) is 0 Å². The van der Waals surface area contributed by atoms with E-state index in [4.69, 9.17) is 20.9 Å². The Labute approximate surface area is 209 Å². The van der Waals surface area contributed by atoms with Crippen molar-refractivity contribution in [1.29, 1.82) is 0 Å². The maximum absolute atomic E-state index is 6.21. The van der Waals surface area contributed by atoms with Crippen molar-refractivity contribution in [3.8, 4) is 22.6 Å². The summed E-state index contributed by atoms with van der Waals surface area (Å²) in [7, 11) is 3.27. The minimum Gasteiger partial charge on any atom is -0.495 e. The van der Waals surface area contributed by atoms with Crippen LogP contribution in [0.3, 0.4) is 0 Å². The van der Waals surface area contributed by atoms with E-state index in [1.165, 1.54) is 11.1 Å². The van der Waals surface area contributed by atoms with E-state index >= 15 is 0 Å². The first-order chi connectivity index (χ1) is 15.9. The van der Waals surface area contributed by atoms with Crippen LogP contribution in [-0.4, -0.2) is 14.2 Å². The van der Waals surface area contributed by atoms with Crippen molar-refractivity contribution in [2.45, 2.75) is 5.41 Å². The van der Waals surface area contributed by atoms with Gasteiger partial charge >= 0.3 is 0 Å². The molecule has 0 unspecified atom stereocenters. The van der Waals surface area contributed by atoms with Gasteiger partial charge in [-0.1, -0.05) is 56.1 Å². The summed E-state index contributed by atoms with van der Waals surface area (Å²) in [5.74, 6) is 1.27. The molecular weight excluding hydrogens is 544 g/mol. The topological polar surface area (TPSA) is 70.5 Å². The quantitative estimate of drug-likeness (QED) is 0.236. The Hall–Kier alpha value is -2.96. The molecule has 0 heterocycles. The Morgan fingerprint density at radius 3 is 1.42 bits per heavy atom. The molecule has 6 heteroatoms. The van der Waals surface area contributed by atoms with Gasteiger partial charge in [0.25, 0.3) is 0 Å². The van der Waals surface area contributed by atoms with Gasteiger partial charge in [0.15, 0.2) is 0 Å². The number of rotatable bonds is 4. The molecule has 0 spiro atoms. The SMILES string of the molecule is COc1cc(C2(c3ccc(N)c(OC)c3)c3cc(Br)ccc3-c3ccc(Br)cc32)ccc1N. The molecule has 4 N–H and O–H groups in total. The van der Waals surface area contributed by atoms with Crippen molar-refractivity contribution in [2.24, 2.45) is 0 Å². The summed E-state index contributed by atoms with van der Waals surface area (Å²) in [6.07, 6.45) is 0. The van der Waals surface area contributed by atoms with Gasteiger partial charge in [-0.3, -0.25) is 0 Å². The molecule has 4 aromatic carbocycles. The second-order valence-electron chi connectivity index (χ2n) is 8.04. The molecule has 0 saturated heterocycles. The van der Waals surface area contributed by atoms with Crippen molar-refractivity contribution >= 4 is 43.2 Å². The second kappa shape index (κ2) is 8.12. The van der Waals surface area contributed by atoms with Gasteiger partial charge in [-0.15, -0.1) is 0 Å². The van der Waals surface area contributed by atoms with Crippen LogP contribution >= 0.6 is 31.9 Å². The van der Waals surface area contributed by atoms with Crippen LogP contribution in [0.25, 0.3) is 11.1 Å². The lowest BCUT2D eigenvalue weighted by molar-refractivity contribution is 0.415. The average molecular weight is 566 g/mol. The van der Waals surface area contributed by atoms with Crippen LogP contribution in [0.5, 0.6) is 11.5 Å². The highest BCUT2D eigenvalue weighted by Gasteiger charge is 2.47. The highest BCUT2D eigenvalue weighted by Crippen LogP contribution is 2.58. The lowest BCUT2D eigenvalue weighted by Crippen LogP contribution is -2.29. The molecular formula is C27H22Br2N2O2.